The zero-order valence-electron chi connectivity index (χ0n) is 19.1. The number of nitriles is 1. The van der Waals surface area contributed by atoms with Crippen molar-refractivity contribution in [2.75, 3.05) is 19.5 Å². The number of nitrogens with one attached hydrogen (secondary N) is 1. The Hall–Kier alpha value is -4.07. The Morgan fingerprint density at radius 2 is 1.89 bits per heavy atom. The summed E-state index contributed by atoms with van der Waals surface area (Å²) in [5.74, 6) is 0.209. The first-order valence-electron chi connectivity index (χ1n) is 10.3. The molecule has 0 saturated carbocycles. The summed E-state index contributed by atoms with van der Waals surface area (Å²) in [6.45, 7) is 0.195. The maximum Gasteiger partial charge on any atom is 0.271 e. The topological polar surface area (TPSA) is 124 Å². The molecule has 0 bridgehead atoms. The van der Waals surface area contributed by atoms with Gasteiger partial charge in [0.2, 0.25) is 0 Å². The molecule has 3 aromatic carbocycles. The molecule has 0 aliphatic carbocycles. The number of carbonyl (C=O) groups excluding carboxylic acids is 1. The second kappa shape index (κ2) is 12.1. The van der Waals surface area contributed by atoms with Crippen LogP contribution in [0.5, 0.6) is 17.2 Å². The van der Waals surface area contributed by atoms with Gasteiger partial charge >= 0.3 is 0 Å². The maximum atomic E-state index is 12.8. The Balaban J connectivity index is 1.87. The largest absolute Gasteiger partial charge is 0.495 e. The van der Waals surface area contributed by atoms with Crippen molar-refractivity contribution in [2.45, 2.75) is 6.61 Å². The number of hydrogen-bond donors (Lipinski definition) is 1. The molecular weight excluding hydrogens is 554 g/mol. The van der Waals surface area contributed by atoms with Gasteiger partial charge < -0.3 is 19.5 Å². The van der Waals surface area contributed by atoms with Gasteiger partial charge in [-0.05, 0) is 51.8 Å². The van der Waals surface area contributed by atoms with Crippen LogP contribution in [0.4, 0.5) is 11.4 Å². The van der Waals surface area contributed by atoms with Crippen LogP contribution < -0.4 is 19.5 Å². The molecule has 0 aromatic heterocycles. The Labute approximate surface area is 220 Å². The van der Waals surface area contributed by atoms with E-state index >= 15 is 0 Å². The minimum atomic E-state index is -0.773. The molecule has 0 heterocycles. The van der Waals surface area contributed by atoms with E-state index in [2.05, 4.69) is 21.2 Å². The molecule has 0 unspecified atom stereocenters. The average molecular weight is 573 g/mol. The molecular formula is C25H19BrClN3O6. The zero-order chi connectivity index (χ0) is 26.2. The van der Waals surface area contributed by atoms with Crippen LogP contribution in [0.15, 0.2) is 64.6 Å². The number of benzene rings is 3. The number of hydrogen-bond acceptors (Lipinski definition) is 7. The van der Waals surface area contributed by atoms with Crippen LogP contribution >= 0.6 is 27.5 Å². The smallest absolute Gasteiger partial charge is 0.271 e. The standard InChI is InChI=1S/C25H19BrClN3O6/c1-34-22-8-7-18(30(32)33)12-21(22)29-25(31)17(13-28)9-15-10-19(26)24(23(11-15)35-2)36-14-16-5-3-4-6-20(16)27/h3-12H,14H2,1-2H3,(H,29,31)/b17-9+. The summed E-state index contributed by atoms with van der Waals surface area (Å²) in [4.78, 5) is 23.3. The predicted octanol–water partition coefficient (Wildman–Crippen LogP) is 6.15. The number of methoxy groups -OCH3 is 2. The number of nitrogens with zero attached hydrogens (tertiary/aromatic N) is 2. The number of rotatable bonds is 9. The first kappa shape index (κ1) is 26.5. The quantitative estimate of drug-likeness (QED) is 0.141. The molecule has 0 atom stereocenters. The fourth-order valence-corrected chi connectivity index (χ4v) is 3.91. The molecule has 0 spiro atoms. The summed E-state index contributed by atoms with van der Waals surface area (Å²) in [6, 6.07) is 16.1. The van der Waals surface area contributed by atoms with E-state index in [-0.39, 0.29) is 29.3 Å². The van der Waals surface area contributed by atoms with Crippen LogP contribution in [0.25, 0.3) is 6.08 Å². The van der Waals surface area contributed by atoms with Crippen LogP contribution in [0, 0.1) is 21.4 Å². The van der Waals surface area contributed by atoms with Crippen molar-refractivity contribution in [3.8, 4) is 23.3 Å². The highest BCUT2D eigenvalue weighted by Crippen LogP contribution is 2.38. The molecule has 3 aromatic rings. The van der Waals surface area contributed by atoms with Crippen molar-refractivity contribution in [3.63, 3.8) is 0 Å². The summed E-state index contributed by atoms with van der Waals surface area (Å²) < 4.78 is 17.0. The van der Waals surface area contributed by atoms with Gasteiger partial charge in [-0.2, -0.15) is 5.26 Å². The summed E-state index contributed by atoms with van der Waals surface area (Å²) in [7, 11) is 2.82. The van der Waals surface area contributed by atoms with Gasteiger partial charge in [-0.15, -0.1) is 0 Å². The molecule has 0 aliphatic rings. The van der Waals surface area contributed by atoms with E-state index < -0.39 is 10.8 Å². The second-order valence-corrected chi connectivity index (χ2v) is 8.44. The van der Waals surface area contributed by atoms with Gasteiger partial charge in [-0.3, -0.25) is 14.9 Å². The van der Waals surface area contributed by atoms with Crippen LogP contribution in [0.2, 0.25) is 5.02 Å². The molecule has 1 amide bonds. The third kappa shape index (κ3) is 6.33. The second-order valence-electron chi connectivity index (χ2n) is 7.18. The van der Waals surface area contributed by atoms with Gasteiger partial charge in [-0.25, -0.2) is 0 Å². The summed E-state index contributed by atoms with van der Waals surface area (Å²) >= 11 is 9.64. The normalized spacial score (nSPS) is 10.8. The van der Waals surface area contributed by atoms with Gasteiger partial charge in [0.05, 0.1) is 29.3 Å². The number of amides is 1. The van der Waals surface area contributed by atoms with Crippen molar-refractivity contribution < 1.29 is 23.9 Å². The van der Waals surface area contributed by atoms with E-state index in [0.717, 1.165) is 11.6 Å². The molecule has 0 radical (unpaired) electrons. The molecule has 3 rings (SSSR count). The molecule has 0 aliphatic heterocycles. The first-order chi connectivity index (χ1) is 17.3. The Bertz CT molecular complexity index is 1390. The average Bonchev–Trinajstić information content (AvgIpc) is 2.87. The minimum Gasteiger partial charge on any atom is -0.495 e. The number of carbonyl (C=O) groups is 1. The molecule has 0 saturated heterocycles. The number of anilines is 1. The molecule has 184 valence electrons. The van der Waals surface area contributed by atoms with Crippen LogP contribution in [-0.2, 0) is 11.4 Å². The van der Waals surface area contributed by atoms with Crippen LogP contribution in [-0.4, -0.2) is 25.1 Å². The van der Waals surface area contributed by atoms with Gasteiger partial charge in [0.15, 0.2) is 11.5 Å². The minimum absolute atomic E-state index is 0.0555. The lowest BCUT2D eigenvalue weighted by atomic mass is 10.1. The lowest BCUT2D eigenvalue weighted by Gasteiger charge is -2.14. The highest BCUT2D eigenvalue weighted by molar-refractivity contribution is 9.10. The fraction of sp³-hybridized carbons (Fsp3) is 0.120. The van der Waals surface area contributed by atoms with Crippen molar-refractivity contribution in [1.29, 1.82) is 5.26 Å². The van der Waals surface area contributed by atoms with Gasteiger partial charge in [0, 0.05) is 22.7 Å². The number of nitro groups is 1. The summed E-state index contributed by atoms with van der Waals surface area (Å²) in [5.41, 5.74) is 0.829. The van der Waals surface area contributed by atoms with Gasteiger partial charge in [-0.1, -0.05) is 29.8 Å². The van der Waals surface area contributed by atoms with E-state index in [0.29, 0.717) is 26.6 Å². The third-order valence-electron chi connectivity index (χ3n) is 4.90. The number of ether oxygens (including phenoxy) is 3. The van der Waals surface area contributed by atoms with E-state index in [4.69, 9.17) is 25.8 Å². The van der Waals surface area contributed by atoms with E-state index in [1.165, 1.54) is 32.4 Å². The maximum absolute atomic E-state index is 12.8. The number of non-ortho nitro benzene ring substituents is 1. The number of halogens is 2. The van der Waals surface area contributed by atoms with Crippen LogP contribution in [0.1, 0.15) is 11.1 Å². The van der Waals surface area contributed by atoms with Crippen molar-refractivity contribution >= 4 is 50.9 Å². The summed E-state index contributed by atoms with van der Waals surface area (Å²) in [5, 5.41) is 23.7. The molecule has 1 N–H and O–H groups in total. The van der Waals surface area contributed by atoms with Crippen LogP contribution in [0.3, 0.4) is 0 Å². The lowest BCUT2D eigenvalue weighted by molar-refractivity contribution is -0.384. The van der Waals surface area contributed by atoms with E-state index in [1.54, 1.807) is 18.2 Å². The van der Waals surface area contributed by atoms with Gasteiger partial charge in [0.1, 0.15) is 24.0 Å². The predicted molar refractivity (Wildman–Crippen MR) is 138 cm³/mol. The van der Waals surface area contributed by atoms with Gasteiger partial charge in [0.25, 0.3) is 11.6 Å². The Morgan fingerprint density at radius 1 is 1.17 bits per heavy atom. The number of nitro benzene ring substituents is 1. The lowest BCUT2D eigenvalue weighted by Crippen LogP contribution is -2.14. The molecule has 9 nitrogen and oxygen atoms in total. The third-order valence-corrected chi connectivity index (χ3v) is 5.86. The Kier molecular flexibility index (Phi) is 8.89. The van der Waals surface area contributed by atoms with Crippen molar-refractivity contribution in [3.05, 3.63) is 90.9 Å². The first-order valence-corrected chi connectivity index (χ1v) is 11.4. The Morgan fingerprint density at radius 3 is 2.53 bits per heavy atom. The summed E-state index contributed by atoms with van der Waals surface area (Å²) in [6.07, 6.45) is 1.35. The van der Waals surface area contributed by atoms with Crippen molar-refractivity contribution in [1.82, 2.24) is 0 Å². The van der Waals surface area contributed by atoms with E-state index in [9.17, 15) is 20.2 Å². The monoisotopic (exact) mass is 571 g/mol. The molecule has 11 heteroatoms. The highest BCUT2D eigenvalue weighted by Gasteiger charge is 2.18. The van der Waals surface area contributed by atoms with E-state index in [1.807, 2.05) is 24.3 Å². The van der Waals surface area contributed by atoms with Crippen molar-refractivity contribution in [2.24, 2.45) is 0 Å². The fourth-order valence-electron chi connectivity index (χ4n) is 3.14. The zero-order valence-corrected chi connectivity index (χ0v) is 21.4. The molecule has 0 fully saturated rings. The highest BCUT2D eigenvalue weighted by atomic mass is 79.9. The molecule has 36 heavy (non-hydrogen) atoms. The SMILES string of the molecule is COc1ccc([N+](=O)[O-])cc1NC(=O)/C(C#N)=C/c1cc(Br)c(OCc2ccccc2Cl)c(OC)c1.